The molecule has 2 aliphatic carbocycles. The molecule has 2 aromatic rings. The van der Waals surface area contributed by atoms with E-state index in [1.54, 1.807) is 0 Å². The van der Waals surface area contributed by atoms with Gasteiger partial charge in [-0.3, -0.25) is 9.20 Å². The second-order valence-corrected chi connectivity index (χ2v) is 8.42. The van der Waals surface area contributed by atoms with E-state index in [2.05, 4.69) is 0 Å². The Morgan fingerprint density at radius 1 is 1.37 bits per heavy atom. The predicted octanol–water partition coefficient (Wildman–Crippen LogP) is 2.25. The minimum absolute atomic E-state index is 0.0343. The van der Waals surface area contributed by atoms with E-state index in [9.17, 15) is 14.7 Å². The van der Waals surface area contributed by atoms with Crippen molar-refractivity contribution in [1.82, 2.24) is 4.40 Å². The van der Waals surface area contributed by atoms with E-state index < -0.39 is 17.3 Å². The topological polar surface area (TPSA) is 88.0 Å². The molecule has 1 aliphatic heterocycles. The van der Waals surface area contributed by atoms with Crippen LogP contribution in [0.1, 0.15) is 53.1 Å². The van der Waals surface area contributed by atoms with Crippen molar-refractivity contribution < 1.29 is 14.3 Å². The zero-order valence-electron chi connectivity index (χ0n) is 15.2. The van der Waals surface area contributed by atoms with Crippen molar-refractivity contribution >= 4 is 17.2 Å². The molecule has 0 radical (unpaired) electrons. The maximum absolute atomic E-state index is 15.1. The highest BCUT2D eigenvalue weighted by Crippen LogP contribution is 2.53. The first-order valence-electron chi connectivity index (χ1n) is 9.44. The van der Waals surface area contributed by atoms with Crippen molar-refractivity contribution in [2.75, 3.05) is 18.0 Å². The van der Waals surface area contributed by atoms with Gasteiger partial charge in [0.25, 0.3) is 5.56 Å². The van der Waals surface area contributed by atoms with E-state index >= 15 is 4.39 Å². The predicted molar refractivity (Wildman–Crippen MR) is 99.2 cm³/mol. The van der Waals surface area contributed by atoms with Crippen LogP contribution in [0.3, 0.4) is 0 Å². The molecule has 142 valence electrons. The number of carboxylic acid groups (broad SMARTS) is 1. The lowest BCUT2D eigenvalue weighted by atomic mass is 10.0. The monoisotopic (exact) mass is 371 g/mol. The minimum Gasteiger partial charge on any atom is -0.477 e. The zero-order valence-corrected chi connectivity index (χ0v) is 15.2. The van der Waals surface area contributed by atoms with Gasteiger partial charge in [0, 0.05) is 24.5 Å². The Morgan fingerprint density at radius 3 is 2.63 bits per heavy atom. The lowest BCUT2D eigenvalue weighted by molar-refractivity contribution is 0.0694. The molecule has 3 N–H and O–H groups in total. The Labute approximate surface area is 155 Å². The first kappa shape index (κ1) is 16.7. The van der Waals surface area contributed by atoms with E-state index in [4.69, 9.17) is 5.73 Å². The number of anilines is 1. The molecule has 3 aliphatic rings. The fourth-order valence-electron chi connectivity index (χ4n) is 4.74. The van der Waals surface area contributed by atoms with E-state index in [1.807, 2.05) is 11.8 Å². The van der Waals surface area contributed by atoms with Gasteiger partial charge in [-0.1, -0.05) is 0 Å². The zero-order chi connectivity index (χ0) is 19.1. The summed E-state index contributed by atoms with van der Waals surface area (Å²) in [5.41, 5.74) is 8.08. The van der Waals surface area contributed by atoms with E-state index in [0.717, 1.165) is 44.0 Å². The van der Waals surface area contributed by atoms with Crippen molar-refractivity contribution in [2.45, 2.75) is 44.6 Å². The molecular formula is C20H22FN3O3. The molecule has 5 rings (SSSR count). The maximum Gasteiger partial charge on any atom is 0.341 e. The molecule has 0 unspecified atom stereocenters. The largest absolute Gasteiger partial charge is 0.477 e. The summed E-state index contributed by atoms with van der Waals surface area (Å²) in [6.07, 6.45) is 5.22. The lowest BCUT2D eigenvalue weighted by Gasteiger charge is -2.24. The highest BCUT2D eigenvalue weighted by molar-refractivity contribution is 5.89. The van der Waals surface area contributed by atoms with Crippen LogP contribution < -0.4 is 16.2 Å². The van der Waals surface area contributed by atoms with Gasteiger partial charge in [-0.05, 0) is 55.7 Å². The molecule has 2 saturated carbocycles. The maximum atomic E-state index is 15.1. The number of aromatic carboxylic acids is 1. The number of nitrogens with two attached hydrogens (primary N) is 1. The number of aromatic nitrogens is 1. The molecular weight excluding hydrogens is 349 g/mol. The molecule has 3 heterocycles. The molecule has 6 nitrogen and oxygen atoms in total. The molecule has 0 amide bonds. The van der Waals surface area contributed by atoms with Crippen LogP contribution in [-0.2, 0) is 0 Å². The Balaban J connectivity index is 1.75. The highest BCUT2D eigenvalue weighted by atomic mass is 19.1. The molecule has 0 bridgehead atoms. The normalized spacial score (nSPS) is 23.4. The SMILES string of the molecule is Cc1c(N2C[C@@H](N)C3(CC3)C2)c(F)cn2c(=O)c(C(=O)O)cc(C3CC3)c12. The van der Waals surface area contributed by atoms with E-state index in [0.29, 0.717) is 23.3 Å². The highest BCUT2D eigenvalue weighted by Gasteiger charge is 2.54. The lowest BCUT2D eigenvalue weighted by Crippen LogP contribution is -2.31. The van der Waals surface area contributed by atoms with Gasteiger partial charge in [0.2, 0.25) is 0 Å². The first-order chi connectivity index (χ1) is 12.8. The Bertz CT molecular complexity index is 1050. The first-order valence-corrected chi connectivity index (χ1v) is 9.44. The minimum atomic E-state index is -1.28. The van der Waals surface area contributed by atoms with Gasteiger partial charge < -0.3 is 15.7 Å². The third-order valence-electron chi connectivity index (χ3n) is 6.61. The van der Waals surface area contributed by atoms with Crippen LogP contribution in [0.25, 0.3) is 5.52 Å². The van der Waals surface area contributed by atoms with Crippen molar-refractivity contribution in [1.29, 1.82) is 0 Å². The summed E-state index contributed by atoms with van der Waals surface area (Å²) in [6.45, 7) is 3.16. The van der Waals surface area contributed by atoms with Crippen LogP contribution in [-0.4, -0.2) is 34.6 Å². The average Bonchev–Trinajstić information content (AvgIpc) is 3.49. The Morgan fingerprint density at radius 2 is 2.07 bits per heavy atom. The molecule has 1 spiro atoms. The summed E-state index contributed by atoms with van der Waals surface area (Å²) in [5.74, 6) is -1.55. The van der Waals surface area contributed by atoms with Crippen LogP contribution >= 0.6 is 0 Å². The van der Waals surface area contributed by atoms with Crippen molar-refractivity contribution in [3.63, 3.8) is 0 Å². The quantitative estimate of drug-likeness (QED) is 0.864. The van der Waals surface area contributed by atoms with Gasteiger partial charge >= 0.3 is 5.97 Å². The molecule has 1 atom stereocenters. The number of carbonyl (C=O) groups is 1. The van der Waals surface area contributed by atoms with E-state index in [1.165, 1.54) is 10.5 Å². The Hall–Kier alpha value is -2.41. The number of nitrogens with zero attached hydrogens (tertiary/aromatic N) is 2. The number of carboxylic acids is 1. The molecule has 1 saturated heterocycles. The van der Waals surface area contributed by atoms with Gasteiger partial charge in [0.05, 0.1) is 17.4 Å². The van der Waals surface area contributed by atoms with Gasteiger partial charge in [-0.15, -0.1) is 0 Å². The van der Waals surface area contributed by atoms with Crippen LogP contribution in [0.5, 0.6) is 0 Å². The number of aryl methyl sites for hydroxylation is 1. The summed E-state index contributed by atoms with van der Waals surface area (Å²) in [7, 11) is 0. The third kappa shape index (κ3) is 2.34. The third-order valence-corrected chi connectivity index (χ3v) is 6.61. The fraction of sp³-hybridized carbons (Fsp3) is 0.500. The number of pyridine rings is 2. The second-order valence-electron chi connectivity index (χ2n) is 8.42. The molecule has 27 heavy (non-hydrogen) atoms. The second kappa shape index (κ2) is 5.32. The van der Waals surface area contributed by atoms with Crippen LogP contribution in [0.15, 0.2) is 17.1 Å². The summed E-state index contributed by atoms with van der Waals surface area (Å²) >= 11 is 0. The summed E-state index contributed by atoms with van der Waals surface area (Å²) < 4.78 is 16.3. The molecule has 7 heteroatoms. The van der Waals surface area contributed by atoms with Crippen LogP contribution in [0.4, 0.5) is 10.1 Å². The molecule has 3 fully saturated rings. The number of fused-ring (bicyclic) bond motifs is 1. The summed E-state index contributed by atoms with van der Waals surface area (Å²) in [6, 6.07) is 1.52. The number of hydrogen-bond acceptors (Lipinski definition) is 4. The number of halogens is 1. The van der Waals surface area contributed by atoms with Gasteiger partial charge in [-0.25, -0.2) is 9.18 Å². The van der Waals surface area contributed by atoms with Gasteiger partial charge in [-0.2, -0.15) is 0 Å². The standard InChI is InChI=1S/C20H22FN3O3/c1-10-16-12(11-2-3-11)6-13(19(26)27)18(25)24(16)7-14(21)17(10)23-8-15(22)20(9-23)4-5-20/h6-7,11,15H,2-5,8-9,22H2,1H3,(H,26,27)/t15-/m1/s1. The Kier molecular flexibility index (Phi) is 3.30. The summed E-state index contributed by atoms with van der Waals surface area (Å²) in [5, 5.41) is 9.38. The van der Waals surface area contributed by atoms with Crippen molar-refractivity contribution in [2.24, 2.45) is 11.1 Å². The van der Waals surface area contributed by atoms with Gasteiger partial charge in [0.15, 0.2) is 5.82 Å². The van der Waals surface area contributed by atoms with Crippen molar-refractivity contribution in [3.05, 3.63) is 45.1 Å². The average molecular weight is 371 g/mol. The van der Waals surface area contributed by atoms with Crippen LogP contribution in [0.2, 0.25) is 0 Å². The number of hydrogen-bond donors (Lipinski definition) is 2. The molecule has 2 aromatic heterocycles. The van der Waals surface area contributed by atoms with Crippen LogP contribution in [0, 0.1) is 18.2 Å². The number of rotatable bonds is 3. The fourth-order valence-corrected chi connectivity index (χ4v) is 4.74. The smallest absolute Gasteiger partial charge is 0.341 e. The molecule has 0 aromatic carbocycles. The van der Waals surface area contributed by atoms with Crippen molar-refractivity contribution in [3.8, 4) is 0 Å². The van der Waals surface area contributed by atoms with Gasteiger partial charge in [0.1, 0.15) is 5.56 Å². The van der Waals surface area contributed by atoms with E-state index in [-0.39, 0.29) is 22.9 Å². The summed E-state index contributed by atoms with van der Waals surface area (Å²) in [4.78, 5) is 26.1.